The van der Waals surface area contributed by atoms with Crippen LogP contribution in [0.2, 0.25) is 0 Å². The quantitative estimate of drug-likeness (QED) is 0.198. The van der Waals surface area contributed by atoms with Crippen molar-refractivity contribution in [2.45, 2.75) is 37.1 Å². The molecule has 0 aliphatic carbocycles. The highest BCUT2D eigenvalue weighted by molar-refractivity contribution is 5.66. The summed E-state index contributed by atoms with van der Waals surface area (Å²) in [4.78, 5) is 10.2. The van der Waals surface area contributed by atoms with Gasteiger partial charge in [-0.3, -0.25) is 4.79 Å². The van der Waals surface area contributed by atoms with Crippen LogP contribution in [0, 0.1) is 0 Å². The van der Waals surface area contributed by atoms with E-state index >= 15 is 0 Å². The van der Waals surface area contributed by atoms with Gasteiger partial charge in [0.2, 0.25) is 0 Å². The van der Waals surface area contributed by atoms with E-state index in [2.05, 4.69) is 0 Å². The van der Waals surface area contributed by atoms with Crippen molar-refractivity contribution in [2.24, 2.45) is 0 Å². The Morgan fingerprint density at radius 1 is 0.808 bits per heavy atom. The predicted octanol–water partition coefficient (Wildman–Crippen LogP) is -2.67. The maximum absolute atomic E-state index is 10.2. The van der Waals surface area contributed by atoms with Crippen LogP contribution in [0.25, 0.3) is 0 Å². The summed E-state index contributed by atoms with van der Waals surface area (Å²) < 4.78 is 25.9. The fourth-order valence-corrected chi connectivity index (χ4v) is 2.13. The average molecular weight is 384 g/mol. The topological polar surface area (TPSA) is 164 Å². The molecular weight excluding hydrogens is 356 g/mol. The van der Waals surface area contributed by atoms with Gasteiger partial charge in [0.15, 0.2) is 6.29 Å². The molecule has 1 fully saturated rings. The Kier molecular flexibility index (Phi) is 11.8. The summed E-state index contributed by atoms with van der Waals surface area (Å²) in [6, 6.07) is 0. The molecule has 0 saturated carbocycles. The molecule has 0 aromatic carbocycles. The number of carboxylic acids is 1. The van der Waals surface area contributed by atoms with Crippen LogP contribution in [0.15, 0.2) is 0 Å². The van der Waals surface area contributed by atoms with Gasteiger partial charge in [-0.05, 0) is 0 Å². The first-order chi connectivity index (χ1) is 12.5. The van der Waals surface area contributed by atoms with Crippen LogP contribution in [-0.2, 0) is 28.5 Å². The first kappa shape index (κ1) is 23.1. The molecule has 5 N–H and O–H groups in total. The SMILES string of the molecule is O=C(O)CCOCCOCCOCCO[C@@H]1OC(CO)[C@@H](O)C(O)[C@@H]1O. The Morgan fingerprint density at radius 2 is 1.35 bits per heavy atom. The standard InChI is InChI=1S/C15H28O11/c16-9-10-12(19)13(20)14(21)15(26-10)25-8-7-24-6-5-23-4-3-22-2-1-11(17)18/h10,12-16,19-21H,1-9H2,(H,17,18)/t10?,12-,13?,14+,15-/m1/s1. The van der Waals surface area contributed by atoms with E-state index in [1.54, 1.807) is 0 Å². The molecule has 1 aliphatic heterocycles. The van der Waals surface area contributed by atoms with Crippen molar-refractivity contribution in [3.63, 3.8) is 0 Å². The number of carbonyl (C=O) groups is 1. The van der Waals surface area contributed by atoms with Crippen LogP contribution in [0.3, 0.4) is 0 Å². The van der Waals surface area contributed by atoms with E-state index in [0.717, 1.165) is 0 Å². The molecule has 1 rings (SSSR count). The largest absolute Gasteiger partial charge is 0.481 e. The van der Waals surface area contributed by atoms with E-state index in [1.165, 1.54) is 0 Å². The first-order valence-corrected chi connectivity index (χ1v) is 8.34. The third-order valence-electron chi connectivity index (χ3n) is 3.56. The highest BCUT2D eigenvalue weighted by Crippen LogP contribution is 2.21. The molecule has 1 aliphatic rings. The number of rotatable bonds is 14. The van der Waals surface area contributed by atoms with Crippen molar-refractivity contribution in [2.75, 3.05) is 52.9 Å². The summed E-state index contributed by atoms with van der Waals surface area (Å²) in [7, 11) is 0. The Balaban J connectivity index is 1.98. The van der Waals surface area contributed by atoms with Gasteiger partial charge >= 0.3 is 5.97 Å². The monoisotopic (exact) mass is 384 g/mol. The van der Waals surface area contributed by atoms with Gasteiger partial charge in [-0.2, -0.15) is 0 Å². The van der Waals surface area contributed by atoms with Gasteiger partial charge in [0.25, 0.3) is 0 Å². The third kappa shape index (κ3) is 8.66. The van der Waals surface area contributed by atoms with Crippen molar-refractivity contribution in [3.8, 4) is 0 Å². The molecule has 0 bridgehead atoms. The molecule has 154 valence electrons. The summed E-state index contributed by atoms with van der Waals surface area (Å²) in [5.74, 6) is -0.912. The minimum absolute atomic E-state index is 0.0441. The number of aliphatic hydroxyl groups is 4. The fraction of sp³-hybridized carbons (Fsp3) is 0.933. The normalized spacial score (nSPS) is 29.0. The summed E-state index contributed by atoms with van der Waals surface area (Å²) in [5.41, 5.74) is 0. The Labute approximate surface area is 151 Å². The van der Waals surface area contributed by atoms with E-state index in [0.29, 0.717) is 26.4 Å². The second kappa shape index (κ2) is 13.3. The minimum atomic E-state index is -1.47. The van der Waals surface area contributed by atoms with Gasteiger partial charge in [0, 0.05) is 0 Å². The van der Waals surface area contributed by atoms with Crippen LogP contribution in [0.1, 0.15) is 6.42 Å². The zero-order valence-electron chi connectivity index (χ0n) is 14.4. The zero-order valence-corrected chi connectivity index (χ0v) is 14.4. The molecule has 11 heteroatoms. The van der Waals surface area contributed by atoms with Crippen LogP contribution >= 0.6 is 0 Å². The smallest absolute Gasteiger partial charge is 0.305 e. The fourth-order valence-electron chi connectivity index (χ4n) is 2.13. The molecular formula is C15H28O11. The number of aliphatic carboxylic acids is 1. The molecule has 0 radical (unpaired) electrons. The zero-order chi connectivity index (χ0) is 19.4. The van der Waals surface area contributed by atoms with Crippen LogP contribution < -0.4 is 0 Å². The molecule has 5 atom stereocenters. The molecule has 0 spiro atoms. The minimum Gasteiger partial charge on any atom is -0.481 e. The molecule has 0 aromatic rings. The van der Waals surface area contributed by atoms with Crippen LogP contribution in [-0.4, -0.2) is 115 Å². The number of hydrogen-bond donors (Lipinski definition) is 5. The van der Waals surface area contributed by atoms with Crippen molar-refractivity contribution in [1.29, 1.82) is 0 Å². The summed E-state index contributed by atoms with van der Waals surface area (Å²) in [6.07, 6.45) is -6.55. The predicted molar refractivity (Wildman–Crippen MR) is 84.4 cm³/mol. The van der Waals surface area contributed by atoms with Crippen molar-refractivity contribution >= 4 is 5.97 Å². The highest BCUT2D eigenvalue weighted by atomic mass is 16.7. The third-order valence-corrected chi connectivity index (χ3v) is 3.56. The molecule has 1 heterocycles. The lowest BCUT2D eigenvalue weighted by molar-refractivity contribution is -0.302. The average Bonchev–Trinajstić information content (AvgIpc) is 2.62. The molecule has 11 nitrogen and oxygen atoms in total. The highest BCUT2D eigenvalue weighted by Gasteiger charge is 2.43. The molecule has 0 aromatic heterocycles. The summed E-state index contributed by atoms with van der Waals surface area (Å²) in [5, 5.41) is 46.5. The van der Waals surface area contributed by atoms with Gasteiger partial charge in [-0.1, -0.05) is 0 Å². The van der Waals surface area contributed by atoms with E-state index in [-0.39, 0.29) is 26.2 Å². The molecule has 26 heavy (non-hydrogen) atoms. The van der Waals surface area contributed by atoms with Gasteiger partial charge in [0.05, 0.1) is 59.3 Å². The number of carboxylic acid groups (broad SMARTS) is 1. The lowest BCUT2D eigenvalue weighted by Crippen LogP contribution is -2.59. The Hall–Kier alpha value is -0.890. The maximum Gasteiger partial charge on any atom is 0.305 e. The number of hydrogen-bond acceptors (Lipinski definition) is 10. The van der Waals surface area contributed by atoms with Gasteiger partial charge in [-0.15, -0.1) is 0 Å². The lowest BCUT2D eigenvalue weighted by Gasteiger charge is -2.39. The summed E-state index contributed by atoms with van der Waals surface area (Å²) >= 11 is 0. The molecule has 1 saturated heterocycles. The Morgan fingerprint density at radius 3 is 1.88 bits per heavy atom. The van der Waals surface area contributed by atoms with Crippen molar-refractivity contribution < 1.29 is 54.0 Å². The maximum atomic E-state index is 10.2. The van der Waals surface area contributed by atoms with E-state index in [4.69, 9.17) is 33.9 Å². The molecule has 0 amide bonds. The Bertz CT molecular complexity index is 379. The molecule has 2 unspecified atom stereocenters. The number of aliphatic hydroxyl groups excluding tert-OH is 4. The van der Waals surface area contributed by atoms with E-state index < -0.39 is 43.3 Å². The van der Waals surface area contributed by atoms with Crippen LogP contribution in [0.5, 0.6) is 0 Å². The van der Waals surface area contributed by atoms with Gasteiger partial charge < -0.3 is 49.2 Å². The lowest BCUT2D eigenvalue weighted by atomic mass is 9.99. The van der Waals surface area contributed by atoms with Crippen molar-refractivity contribution in [3.05, 3.63) is 0 Å². The van der Waals surface area contributed by atoms with Gasteiger partial charge in [-0.25, -0.2) is 0 Å². The van der Waals surface area contributed by atoms with Gasteiger partial charge in [0.1, 0.15) is 24.4 Å². The van der Waals surface area contributed by atoms with Crippen LogP contribution in [0.4, 0.5) is 0 Å². The van der Waals surface area contributed by atoms with E-state index in [1.807, 2.05) is 0 Å². The second-order valence-electron chi connectivity index (χ2n) is 5.55. The van der Waals surface area contributed by atoms with Crippen molar-refractivity contribution in [1.82, 2.24) is 0 Å². The first-order valence-electron chi connectivity index (χ1n) is 8.34. The van der Waals surface area contributed by atoms with E-state index in [9.17, 15) is 20.1 Å². The summed E-state index contributed by atoms with van der Waals surface area (Å²) in [6.45, 7) is 1.13. The second-order valence-corrected chi connectivity index (χ2v) is 5.55. The number of ether oxygens (including phenoxy) is 5.